The molecule has 0 amide bonds. The summed E-state index contributed by atoms with van der Waals surface area (Å²) in [5.74, 6) is 0.528. The minimum atomic E-state index is 0.215. The highest BCUT2D eigenvalue weighted by atomic mass is 32.1. The van der Waals surface area contributed by atoms with Gasteiger partial charge in [0.1, 0.15) is 12.1 Å². The molecular formula is C22H20N4OS. The van der Waals surface area contributed by atoms with Gasteiger partial charge >= 0.3 is 0 Å². The number of hydroxylamine groups is 1. The average molecular weight is 388 g/mol. The molecule has 1 aliphatic heterocycles. The summed E-state index contributed by atoms with van der Waals surface area (Å²) in [5, 5.41) is 4.16. The lowest BCUT2D eigenvalue weighted by molar-refractivity contribution is 0.158. The third kappa shape index (κ3) is 2.82. The number of hydrogen-bond donors (Lipinski definition) is 1. The van der Waals surface area contributed by atoms with Crippen molar-refractivity contribution in [1.82, 2.24) is 9.97 Å². The lowest BCUT2D eigenvalue weighted by Crippen LogP contribution is -2.22. The predicted molar refractivity (Wildman–Crippen MR) is 114 cm³/mol. The fourth-order valence-electron chi connectivity index (χ4n) is 3.77. The minimum absolute atomic E-state index is 0.215. The topological polar surface area (TPSA) is 64.3 Å². The molecule has 28 heavy (non-hydrogen) atoms. The van der Waals surface area contributed by atoms with E-state index in [1.807, 2.05) is 6.07 Å². The van der Waals surface area contributed by atoms with Gasteiger partial charge in [-0.05, 0) is 29.7 Å². The van der Waals surface area contributed by atoms with E-state index in [1.165, 1.54) is 17.5 Å². The van der Waals surface area contributed by atoms with E-state index in [-0.39, 0.29) is 6.04 Å². The number of thiophene rings is 1. The van der Waals surface area contributed by atoms with Gasteiger partial charge in [-0.25, -0.2) is 15.0 Å². The van der Waals surface area contributed by atoms with Crippen LogP contribution in [0.5, 0.6) is 0 Å². The predicted octanol–water partition coefficient (Wildman–Crippen LogP) is 5.13. The molecule has 0 radical (unpaired) electrons. The van der Waals surface area contributed by atoms with Crippen LogP contribution in [0.15, 0.2) is 60.2 Å². The standard InChI is InChI=1S/C22H20N4OS/c1-14-7-8-16(17-12-28-21-20(17)24-13-25-22(21)23)11-19(14)26-18(9-10-27-26)15-5-3-2-4-6-15/h2-8,11-13,18H,9-10H2,1H3,(H2,23,24,25)/t18-/m0/s1. The average Bonchev–Trinajstić information content (AvgIpc) is 3.37. The van der Waals surface area contributed by atoms with Crippen LogP contribution in [0.3, 0.4) is 0 Å². The molecule has 140 valence electrons. The molecule has 5 nitrogen and oxygen atoms in total. The fourth-order valence-corrected chi connectivity index (χ4v) is 4.70. The first kappa shape index (κ1) is 17.2. The van der Waals surface area contributed by atoms with Gasteiger partial charge in [-0.2, -0.15) is 0 Å². The third-order valence-corrected chi connectivity index (χ3v) is 6.22. The Morgan fingerprint density at radius 1 is 1.14 bits per heavy atom. The first-order valence-corrected chi connectivity index (χ1v) is 10.2. The molecule has 2 N–H and O–H groups in total. The monoisotopic (exact) mass is 388 g/mol. The van der Waals surface area contributed by atoms with Crippen molar-refractivity contribution in [2.75, 3.05) is 17.4 Å². The summed E-state index contributed by atoms with van der Waals surface area (Å²) in [7, 11) is 0. The summed E-state index contributed by atoms with van der Waals surface area (Å²) in [5.41, 5.74) is 12.6. The van der Waals surface area contributed by atoms with E-state index in [4.69, 9.17) is 10.6 Å². The van der Waals surface area contributed by atoms with Crippen LogP contribution < -0.4 is 10.8 Å². The van der Waals surface area contributed by atoms with Crippen molar-refractivity contribution in [3.63, 3.8) is 0 Å². The number of aromatic nitrogens is 2. The zero-order valence-electron chi connectivity index (χ0n) is 15.5. The Hall–Kier alpha value is -2.96. The second kappa shape index (κ2) is 6.89. The number of benzene rings is 2. The number of rotatable bonds is 3. The molecule has 4 aromatic rings. The van der Waals surface area contributed by atoms with Crippen molar-refractivity contribution in [3.05, 3.63) is 71.4 Å². The first-order chi connectivity index (χ1) is 13.7. The highest BCUT2D eigenvalue weighted by Crippen LogP contribution is 2.40. The van der Waals surface area contributed by atoms with Gasteiger partial charge in [0, 0.05) is 17.4 Å². The lowest BCUT2D eigenvalue weighted by Gasteiger charge is -2.27. The highest BCUT2D eigenvalue weighted by Gasteiger charge is 2.29. The van der Waals surface area contributed by atoms with Gasteiger partial charge in [-0.15, -0.1) is 11.3 Å². The largest absolute Gasteiger partial charge is 0.382 e. The maximum absolute atomic E-state index is 6.06. The molecule has 1 saturated heterocycles. The molecule has 2 aromatic carbocycles. The third-order valence-electron chi connectivity index (χ3n) is 5.23. The smallest absolute Gasteiger partial charge is 0.144 e. The molecule has 3 heterocycles. The van der Waals surface area contributed by atoms with Crippen LogP contribution in [0.1, 0.15) is 23.6 Å². The van der Waals surface area contributed by atoms with Gasteiger partial charge in [-0.3, -0.25) is 4.84 Å². The summed E-state index contributed by atoms with van der Waals surface area (Å²) in [4.78, 5) is 14.6. The van der Waals surface area contributed by atoms with Crippen LogP contribution >= 0.6 is 11.3 Å². The number of nitrogens with two attached hydrogens (primary N) is 1. The van der Waals surface area contributed by atoms with E-state index in [0.29, 0.717) is 12.4 Å². The summed E-state index contributed by atoms with van der Waals surface area (Å²) in [6, 6.07) is 17.2. The molecule has 1 aliphatic rings. The van der Waals surface area contributed by atoms with E-state index < -0.39 is 0 Å². The van der Waals surface area contributed by atoms with Crippen LogP contribution in [0.2, 0.25) is 0 Å². The SMILES string of the molecule is Cc1ccc(-c2csc3c(N)ncnc23)cc1N1OCC[C@H]1c1ccccc1. The van der Waals surface area contributed by atoms with Gasteiger partial charge < -0.3 is 5.73 Å². The molecule has 6 heteroatoms. The van der Waals surface area contributed by atoms with Crippen molar-refractivity contribution >= 4 is 33.1 Å². The molecule has 5 rings (SSSR count). The number of fused-ring (bicyclic) bond motifs is 1. The molecule has 0 unspecified atom stereocenters. The Bertz CT molecular complexity index is 1140. The molecule has 0 saturated carbocycles. The van der Waals surface area contributed by atoms with Crippen molar-refractivity contribution in [3.8, 4) is 11.1 Å². The molecular weight excluding hydrogens is 368 g/mol. The van der Waals surface area contributed by atoms with Crippen LogP contribution in [0, 0.1) is 6.92 Å². The van der Waals surface area contributed by atoms with Crippen molar-refractivity contribution in [2.24, 2.45) is 0 Å². The lowest BCUT2D eigenvalue weighted by atomic mass is 10.0. The molecule has 0 aliphatic carbocycles. The van der Waals surface area contributed by atoms with Gasteiger partial charge in [0.2, 0.25) is 0 Å². The Morgan fingerprint density at radius 3 is 2.86 bits per heavy atom. The second-order valence-corrected chi connectivity index (χ2v) is 7.84. The highest BCUT2D eigenvalue weighted by molar-refractivity contribution is 7.18. The minimum Gasteiger partial charge on any atom is -0.382 e. The Morgan fingerprint density at radius 2 is 2.00 bits per heavy atom. The number of anilines is 2. The number of aryl methyl sites for hydroxylation is 1. The molecule has 0 spiro atoms. The van der Waals surface area contributed by atoms with E-state index in [9.17, 15) is 0 Å². The summed E-state index contributed by atoms with van der Waals surface area (Å²) < 4.78 is 0.930. The van der Waals surface area contributed by atoms with E-state index in [1.54, 1.807) is 11.3 Å². The Balaban J connectivity index is 1.59. The van der Waals surface area contributed by atoms with E-state index >= 15 is 0 Å². The molecule has 1 fully saturated rings. The molecule has 1 atom stereocenters. The first-order valence-electron chi connectivity index (χ1n) is 9.28. The quantitative estimate of drug-likeness (QED) is 0.527. The molecule has 0 bridgehead atoms. The van der Waals surface area contributed by atoms with Gasteiger partial charge in [-0.1, -0.05) is 42.5 Å². The normalized spacial score (nSPS) is 16.8. The number of nitrogens with zero attached hydrogens (tertiary/aromatic N) is 3. The molecule has 2 aromatic heterocycles. The van der Waals surface area contributed by atoms with Gasteiger partial charge in [0.25, 0.3) is 0 Å². The fraction of sp³-hybridized carbons (Fsp3) is 0.182. The van der Waals surface area contributed by atoms with Gasteiger partial charge in [0.15, 0.2) is 0 Å². The Labute approximate surface area is 167 Å². The van der Waals surface area contributed by atoms with Crippen LogP contribution in [-0.2, 0) is 4.84 Å². The van der Waals surface area contributed by atoms with Gasteiger partial charge in [0.05, 0.1) is 28.6 Å². The van der Waals surface area contributed by atoms with Crippen molar-refractivity contribution < 1.29 is 4.84 Å². The maximum atomic E-state index is 6.06. The van der Waals surface area contributed by atoms with E-state index in [0.717, 1.165) is 33.5 Å². The second-order valence-electron chi connectivity index (χ2n) is 6.96. The number of hydrogen-bond acceptors (Lipinski definition) is 6. The zero-order chi connectivity index (χ0) is 19.1. The van der Waals surface area contributed by atoms with Crippen molar-refractivity contribution in [2.45, 2.75) is 19.4 Å². The zero-order valence-corrected chi connectivity index (χ0v) is 16.3. The van der Waals surface area contributed by atoms with Crippen LogP contribution in [0.25, 0.3) is 21.3 Å². The van der Waals surface area contributed by atoms with Crippen molar-refractivity contribution in [1.29, 1.82) is 0 Å². The van der Waals surface area contributed by atoms with Crippen LogP contribution in [0.4, 0.5) is 11.5 Å². The van der Waals surface area contributed by atoms with Crippen LogP contribution in [-0.4, -0.2) is 16.6 Å². The number of nitrogen functional groups attached to an aromatic ring is 1. The summed E-state index contributed by atoms with van der Waals surface area (Å²) >= 11 is 1.58. The van der Waals surface area contributed by atoms with E-state index in [2.05, 4.69) is 69.8 Å². The summed E-state index contributed by atoms with van der Waals surface area (Å²) in [6.07, 6.45) is 2.50. The summed E-state index contributed by atoms with van der Waals surface area (Å²) in [6.45, 7) is 2.84. The maximum Gasteiger partial charge on any atom is 0.144 e. The Kier molecular flexibility index (Phi) is 4.22.